The molecule has 6 nitrogen and oxygen atoms in total. The molecule has 3 rings (SSSR count). The lowest BCUT2D eigenvalue weighted by Gasteiger charge is -2.22. The van der Waals surface area contributed by atoms with Crippen LogP contribution >= 0.6 is 0 Å². The van der Waals surface area contributed by atoms with Gasteiger partial charge in [-0.15, -0.1) is 0 Å². The zero-order valence-electron chi connectivity index (χ0n) is 16.3. The summed E-state index contributed by atoms with van der Waals surface area (Å²) in [5.74, 6) is 1.25. The number of rotatable bonds is 9. The van der Waals surface area contributed by atoms with Crippen LogP contribution in [0, 0.1) is 0 Å². The topological polar surface area (TPSA) is 89.4 Å². The van der Waals surface area contributed by atoms with Crippen molar-refractivity contribution in [1.29, 1.82) is 0 Å². The summed E-state index contributed by atoms with van der Waals surface area (Å²) in [6.07, 6.45) is 3.10. The van der Waals surface area contributed by atoms with Gasteiger partial charge in [-0.25, -0.2) is 0 Å². The van der Waals surface area contributed by atoms with Crippen LogP contribution in [0.5, 0.6) is 11.5 Å². The van der Waals surface area contributed by atoms with Gasteiger partial charge in [0, 0.05) is 41.5 Å². The number of amides is 1. The predicted molar refractivity (Wildman–Crippen MR) is 111 cm³/mol. The fraction of sp³-hybridized carbons (Fsp3) is 0.318. The van der Waals surface area contributed by atoms with Crippen molar-refractivity contribution in [3.63, 3.8) is 0 Å². The number of hydrogen-bond donors (Lipinski definition) is 3. The van der Waals surface area contributed by atoms with E-state index in [4.69, 9.17) is 15.2 Å². The maximum atomic E-state index is 12.2. The molecule has 148 valence electrons. The monoisotopic (exact) mass is 381 g/mol. The SMILES string of the molecule is COc1cccc(C(CNC(=O)CCCN)c2c[nH]c3ccccc23)c1OC. The molecule has 0 saturated carbocycles. The lowest BCUT2D eigenvalue weighted by atomic mass is 9.89. The number of methoxy groups -OCH3 is 2. The lowest BCUT2D eigenvalue weighted by molar-refractivity contribution is -0.121. The lowest BCUT2D eigenvalue weighted by Crippen LogP contribution is -2.29. The zero-order chi connectivity index (χ0) is 19.9. The molecule has 0 spiro atoms. The maximum Gasteiger partial charge on any atom is 0.220 e. The van der Waals surface area contributed by atoms with E-state index in [1.54, 1.807) is 14.2 Å². The van der Waals surface area contributed by atoms with Crippen molar-refractivity contribution in [3.05, 3.63) is 59.8 Å². The number of benzene rings is 2. The van der Waals surface area contributed by atoms with Crippen molar-refractivity contribution in [2.24, 2.45) is 5.73 Å². The molecule has 0 bridgehead atoms. The van der Waals surface area contributed by atoms with E-state index in [1.165, 1.54) is 0 Å². The second kappa shape index (κ2) is 9.28. The summed E-state index contributed by atoms with van der Waals surface area (Å²) >= 11 is 0. The summed E-state index contributed by atoms with van der Waals surface area (Å²) in [4.78, 5) is 15.5. The summed E-state index contributed by atoms with van der Waals surface area (Å²) in [5.41, 5.74) is 8.64. The number of H-pyrrole nitrogens is 1. The molecule has 1 amide bonds. The van der Waals surface area contributed by atoms with Crippen LogP contribution in [0.4, 0.5) is 0 Å². The molecule has 2 aromatic carbocycles. The molecule has 0 fully saturated rings. The van der Waals surface area contributed by atoms with Crippen molar-refractivity contribution in [2.75, 3.05) is 27.3 Å². The minimum Gasteiger partial charge on any atom is -0.493 e. The molecular formula is C22H27N3O3. The summed E-state index contributed by atoms with van der Waals surface area (Å²) < 4.78 is 11.1. The first-order chi connectivity index (χ1) is 13.7. The first-order valence-electron chi connectivity index (χ1n) is 9.43. The molecular weight excluding hydrogens is 354 g/mol. The first kappa shape index (κ1) is 19.8. The van der Waals surface area contributed by atoms with Crippen LogP contribution in [0.15, 0.2) is 48.7 Å². The number of carbonyl (C=O) groups is 1. The Balaban J connectivity index is 2.01. The average Bonchev–Trinajstić information content (AvgIpc) is 3.16. The summed E-state index contributed by atoms with van der Waals surface area (Å²) in [6.45, 7) is 0.956. The Morgan fingerprint density at radius 3 is 2.68 bits per heavy atom. The highest BCUT2D eigenvalue weighted by Gasteiger charge is 2.24. The van der Waals surface area contributed by atoms with Crippen LogP contribution in [-0.4, -0.2) is 38.2 Å². The van der Waals surface area contributed by atoms with Crippen LogP contribution in [0.2, 0.25) is 0 Å². The van der Waals surface area contributed by atoms with Crippen LogP contribution in [0.1, 0.15) is 29.9 Å². The Hall–Kier alpha value is -2.99. The van der Waals surface area contributed by atoms with Gasteiger partial charge in [0.25, 0.3) is 0 Å². The molecule has 0 aliphatic carbocycles. The smallest absolute Gasteiger partial charge is 0.220 e. The molecule has 4 N–H and O–H groups in total. The van der Waals surface area contributed by atoms with E-state index in [0.29, 0.717) is 37.4 Å². The van der Waals surface area contributed by atoms with Crippen molar-refractivity contribution in [2.45, 2.75) is 18.8 Å². The van der Waals surface area contributed by atoms with Gasteiger partial charge in [0.05, 0.1) is 14.2 Å². The molecule has 28 heavy (non-hydrogen) atoms. The van der Waals surface area contributed by atoms with Crippen molar-refractivity contribution >= 4 is 16.8 Å². The number of nitrogens with two attached hydrogens (primary N) is 1. The molecule has 1 heterocycles. The minimum absolute atomic E-state index is 0.00263. The third-order valence-corrected chi connectivity index (χ3v) is 4.92. The van der Waals surface area contributed by atoms with Gasteiger partial charge in [-0.05, 0) is 30.7 Å². The second-order valence-electron chi connectivity index (χ2n) is 6.62. The largest absolute Gasteiger partial charge is 0.493 e. The first-order valence-corrected chi connectivity index (χ1v) is 9.43. The number of carbonyl (C=O) groups excluding carboxylic acids is 1. The molecule has 0 radical (unpaired) electrons. The van der Waals surface area contributed by atoms with Crippen molar-refractivity contribution in [3.8, 4) is 11.5 Å². The molecule has 1 aromatic heterocycles. The Labute approximate surface area is 165 Å². The van der Waals surface area contributed by atoms with E-state index in [1.807, 2.05) is 42.6 Å². The number of fused-ring (bicyclic) bond motifs is 1. The number of nitrogens with one attached hydrogen (secondary N) is 2. The van der Waals surface area contributed by atoms with Crippen molar-refractivity contribution < 1.29 is 14.3 Å². The van der Waals surface area contributed by atoms with Crippen LogP contribution < -0.4 is 20.5 Å². The summed E-state index contributed by atoms with van der Waals surface area (Å²) in [5, 5.41) is 4.17. The van der Waals surface area contributed by atoms with Crippen molar-refractivity contribution in [1.82, 2.24) is 10.3 Å². The number of aromatic nitrogens is 1. The maximum absolute atomic E-state index is 12.2. The van der Waals surface area contributed by atoms with Gasteiger partial charge >= 0.3 is 0 Å². The molecule has 1 atom stereocenters. The van der Waals surface area contributed by atoms with Gasteiger partial charge in [0.2, 0.25) is 5.91 Å². The van der Waals surface area contributed by atoms with Gasteiger partial charge < -0.3 is 25.5 Å². The Kier molecular flexibility index (Phi) is 6.55. The molecule has 1 unspecified atom stereocenters. The predicted octanol–water partition coefficient (Wildman–Crippen LogP) is 3.17. The van der Waals surface area contributed by atoms with Gasteiger partial charge in [-0.1, -0.05) is 30.3 Å². The van der Waals surface area contributed by atoms with Crippen LogP contribution in [0.3, 0.4) is 0 Å². The molecule has 0 aliphatic heterocycles. The summed E-state index contributed by atoms with van der Waals surface area (Å²) in [6, 6.07) is 14.0. The molecule has 6 heteroatoms. The highest BCUT2D eigenvalue weighted by atomic mass is 16.5. The Morgan fingerprint density at radius 1 is 1.11 bits per heavy atom. The highest BCUT2D eigenvalue weighted by Crippen LogP contribution is 2.40. The molecule has 3 aromatic rings. The molecule has 0 aliphatic rings. The fourth-order valence-corrected chi connectivity index (χ4v) is 3.52. The highest BCUT2D eigenvalue weighted by molar-refractivity contribution is 5.84. The van der Waals surface area contributed by atoms with Gasteiger partial charge in [0.1, 0.15) is 0 Å². The normalized spacial score (nSPS) is 12.0. The number of para-hydroxylation sites is 2. The van der Waals surface area contributed by atoms with E-state index in [0.717, 1.165) is 22.0 Å². The standard InChI is InChI=1S/C22H27N3O3/c1-27-20-10-5-8-16(22(20)28-2)18(14-25-21(26)11-6-12-23)17-13-24-19-9-4-3-7-15(17)19/h3-5,7-10,13,18,24H,6,11-12,14,23H2,1-2H3,(H,25,26). The van der Waals surface area contributed by atoms with Gasteiger partial charge in [-0.2, -0.15) is 0 Å². The van der Waals surface area contributed by atoms with E-state index >= 15 is 0 Å². The third-order valence-electron chi connectivity index (χ3n) is 4.92. The second-order valence-corrected chi connectivity index (χ2v) is 6.62. The van der Waals surface area contributed by atoms with Crippen LogP contribution in [-0.2, 0) is 4.79 Å². The quantitative estimate of drug-likeness (QED) is 0.531. The third kappa shape index (κ3) is 4.12. The van der Waals surface area contributed by atoms with E-state index in [-0.39, 0.29) is 11.8 Å². The zero-order valence-corrected chi connectivity index (χ0v) is 16.3. The Bertz CT molecular complexity index is 936. The Morgan fingerprint density at radius 2 is 1.93 bits per heavy atom. The van der Waals surface area contributed by atoms with E-state index in [2.05, 4.69) is 16.4 Å². The van der Waals surface area contributed by atoms with Gasteiger partial charge in [0.15, 0.2) is 11.5 Å². The van der Waals surface area contributed by atoms with E-state index < -0.39 is 0 Å². The number of ether oxygens (including phenoxy) is 2. The number of aromatic amines is 1. The number of hydrogen-bond acceptors (Lipinski definition) is 4. The van der Waals surface area contributed by atoms with Gasteiger partial charge in [-0.3, -0.25) is 4.79 Å². The minimum atomic E-state index is -0.0944. The van der Waals surface area contributed by atoms with Crippen LogP contribution in [0.25, 0.3) is 10.9 Å². The molecule has 0 saturated heterocycles. The summed E-state index contributed by atoms with van der Waals surface area (Å²) in [7, 11) is 3.25. The fourth-order valence-electron chi connectivity index (χ4n) is 3.52. The van der Waals surface area contributed by atoms with E-state index in [9.17, 15) is 4.79 Å². The average molecular weight is 381 g/mol.